The first-order chi connectivity index (χ1) is 9.86. The number of hydrogen-bond donors (Lipinski definition) is 1. The van der Waals surface area contributed by atoms with Crippen molar-refractivity contribution in [3.8, 4) is 0 Å². The Morgan fingerprint density at radius 1 is 1.25 bits per heavy atom. The van der Waals surface area contributed by atoms with Crippen molar-refractivity contribution < 1.29 is 0 Å². The predicted molar refractivity (Wildman–Crippen MR) is 87.1 cm³/mol. The highest BCUT2D eigenvalue weighted by molar-refractivity contribution is 7.18. The third-order valence-corrected chi connectivity index (χ3v) is 5.55. The van der Waals surface area contributed by atoms with Gasteiger partial charge in [-0.1, -0.05) is 38.3 Å². The van der Waals surface area contributed by atoms with Crippen LogP contribution in [0.1, 0.15) is 50.5 Å². The minimum atomic E-state index is 0.669. The quantitative estimate of drug-likeness (QED) is 0.859. The lowest BCUT2D eigenvalue weighted by molar-refractivity contribution is 0.261. The van der Waals surface area contributed by atoms with Crippen LogP contribution < -0.4 is 5.32 Å². The van der Waals surface area contributed by atoms with E-state index in [2.05, 4.69) is 36.5 Å². The molecule has 2 aromatic rings. The van der Waals surface area contributed by atoms with E-state index in [1.54, 1.807) is 0 Å². The molecule has 2 nitrogen and oxygen atoms in total. The number of nitrogens with one attached hydrogen (secondary N) is 1. The summed E-state index contributed by atoms with van der Waals surface area (Å²) in [4.78, 5) is 4.72. The van der Waals surface area contributed by atoms with Gasteiger partial charge in [-0.15, -0.1) is 11.3 Å². The average molecular weight is 288 g/mol. The summed E-state index contributed by atoms with van der Waals surface area (Å²) in [6.45, 7) is 3.24. The molecule has 1 aliphatic rings. The second kappa shape index (κ2) is 6.68. The van der Waals surface area contributed by atoms with Crippen molar-refractivity contribution in [3.63, 3.8) is 0 Å². The first kappa shape index (κ1) is 14.0. The lowest BCUT2D eigenvalue weighted by Gasteiger charge is -2.30. The minimum Gasteiger partial charge on any atom is -0.307 e. The second-order valence-corrected chi connectivity index (χ2v) is 6.98. The normalized spacial score (nSPS) is 18.4. The Balaban J connectivity index is 1.61. The highest BCUT2D eigenvalue weighted by Gasteiger charge is 2.22. The fourth-order valence-corrected chi connectivity index (χ4v) is 4.31. The Kier molecular flexibility index (Phi) is 4.69. The van der Waals surface area contributed by atoms with Gasteiger partial charge in [0.15, 0.2) is 0 Å². The molecule has 1 atom stereocenters. The third kappa shape index (κ3) is 3.21. The van der Waals surface area contributed by atoms with Crippen LogP contribution >= 0.6 is 11.3 Å². The molecule has 0 bridgehead atoms. The van der Waals surface area contributed by atoms with Crippen LogP contribution in [0, 0.1) is 5.92 Å². The molecule has 0 saturated heterocycles. The van der Waals surface area contributed by atoms with Gasteiger partial charge in [-0.25, -0.2) is 4.98 Å². The Morgan fingerprint density at radius 2 is 2.05 bits per heavy atom. The topological polar surface area (TPSA) is 24.9 Å². The number of aromatic nitrogens is 1. The van der Waals surface area contributed by atoms with Gasteiger partial charge in [-0.05, 0) is 37.3 Å². The lowest BCUT2D eigenvalue weighted by Crippen LogP contribution is -2.36. The van der Waals surface area contributed by atoms with Crippen molar-refractivity contribution in [2.45, 2.75) is 58.0 Å². The summed E-state index contributed by atoms with van der Waals surface area (Å²) in [5.74, 6) is 0.878. The maximum atomic E-state index is 4.72. The second-order valence-electron chi connectivity index (χ2n) is 5.87. The molecule has 0 radical (unpaired) electrons. The smallest absolute Gasteiger partial charge is 0.108 e. The molecule has 3 rings (SSSR count). The minimum absolute atomic E-state index is 0.669. The van der Waals surface area contributed by atoms with Crippen LogP contribution in [-0.4, -0.2) is 11.0 Å². The van der Waals surface area contributed by atoms with Crippen LogP contribution in [0.5, 0.6) is 0 Å². The monoisotopic (exact) mass is 288 g/mol. The van der Waals surface area contributed by atoms with Crippen molar-refractivity contribution in [2.75, 3.05) is 0 Å². The van der Waals surface area contributed by atoms with Crippen LogP contribution in [0.4, 0.5) is 0 Å². The van der Waals surface area contributed by atoms with Crippen molar-refractivity contribution >= 4 is 21.6 Å². The molecule has 3 heteroatoms. The molecule has 1 N–H and O–H groups in total. The van der Waals surface area contributed by atoms with E-state index >= 15 is 0 Å². The molecule has 1 aromatic carbocycles. The van der Waals surface area contributed by atoms with Crippen molar-refractivity contribution in [1.82, 2.24) is 10.3 Å². The molecule has 1 aromatic heterocycles. The molecule has 1 unspecified atom stereocenters. The Bertz CT molecular complexity index is 510. The average Bonchev–Trinajstić information content (AvgIpc) is 2.92. The van der Waals surface area contributed by atoms with Crippen molar-refractivity contribution in [3.05, 3.63) is 29.3 Å². The molecule has 1 aliphatic carbocycles. The van der Waals surface area contributed by atoms with Gasteiger partial charge in [-0.3, -0.25) is 0 Å². The molecule has 20 heavy (non-hydrogen) atoms. The SMILES string of the molecule is CCC(NCc1nc2ccccc2s1)C1CCCCC1. The summed E-state index contributed by atoms with van der Waals surface area (Å²) in [7, 11) is 0. The molecule has 0 aliphatic heterocycles. The zero-order chi connectivity index (χ0) is 13.8. The summed E-state index contributed by atoms with van der Waals surface area (Å²) in [6, 6.07) is 9.09. The fourth-order valence-electron chi connectivity index (χ4n) is 3.39. The van der Waals surface area contributed by atoms with E-state index in [0.29, 0.717) is 6.04 Å². The van der Waals surface area contributed by atoms with Crippen LogP contribution in [0.2, 0.25) is 0 Å². The molecular formula is C17H24N2S. The van der Waals surface area contributed by atoms with Crippen molar-refractivity contribution in [1.29, 1.82) is 0 Å². The first-order valence-electron chi connectivity index (χ1n) is 7.94. The van der Waals surface area contributed by atoms with Crippen LogP contribution in [0.15, 0.2) is 24.3 Å². The number of benzene rings is 1. The van der Waals surface area contributed by atoms with Gasteiger partial charge in [0.2, 0.25) is 0 Å². The Morgan fingerprint density at radius 3 is 2.80 bits per heavy atom. The van der Waals surface area contributed by atoms with E-state index in [-0.39, 0.29) is 0 Å². The third-order valence-electron chi connectivity index (χ3n) is 4.51. The van der Waals surface area contributed by atoms with Crippen molar-refractivity contribution in [2.24, 2.45) is 5.92 Å². The number of nitrogens with zero attached hydrogens (tertiary/aromatic N) is 1. The zero-order valence-corrected chi connectivity index (χ0v) is 13.1. The van der Waals surface area contributed by atoms with Gasteiger partial charge < -0.3 is 5.32 Å². The Hall–Kier alpha value is -0.930. The molecule has 108 valence electrons. The molecule has 1 saturated carbocycles. The summed E-state index contributed by atoms with van der Waals surface area (Å²) < 4.78 is 1.30. The Labute approximate surface area is 125 Å². The van der Waals surface area contributed by atoms with Crippen LogP contribution in [-0.2, 0) is 6.54 Å². The summed E-state index contributed by atoms with van der Waals surface area (Å²) in [6.07, 6.45) is 8.32. The maximum absolute atomic E-state index is 4.72. The van der Waals surface area contributed by atoms with Crippen LogP contribution in [0.25, 0.3) is 10.2 Å². The summed E-state index contributed by atoms with van der Waals surface area (Å²) in [5.41, 5.74) is 1.14. The predicted octanol–water partition coefficient (Wildman–Crippen LogP) is 4.74. The van der Waals surface area contributed by atoms with E-state index in [1.165, 1.54) is 48.2 Å². The number of rotatable bonds is 5. The standard InChI is InChI=1S/C17H24N2S/c1-2-14(13-8-4-3-5-9-13)18-12-17-19-15-10-6-7-11-16(15)20-17/h6-7,10-11,13-14,18H,2-5,8-9,12H2,1H3. The summed E-state index contributed by atoms with van der Waals surface area (Å²) in [5, 5.41) is 4.99. The molecule has 1 fully saturated rings. The first-order valence-corrected chi connectivity index (χ1v) is 8.76. The number of thiazole rings is 1. The number of fused-ring (bicyclic) bond motifs is 1. The van der Waals surface area contributed by atoms with E-state index in [1.807, 2.05) is 11.3 Å². The zero-order valence-electron chi connectivity index (χ0n) is 12.3. The number of hydrogen-bond acceptors (Lipinski definition) is 3. The fraction of sp³-hybridized carbons (Fsp3) is 0.588. The van der Waals surface area contributed by atoms with Gasteiger partial charge in [0.05, 0.1) is 10.2 Å². The highest BCUT2D eigenvalue weighted by atomic mass is 32.1. The van der Waals surface area contributed by atoms with E-state index in [9.17, 15) is 0 Å². The van der Waals surface area contributed by atoms with Gasteiger partial charge in [0.25, 0.3) is 0 Å². The van der Waals surface area contributed by atoms with E-state index < -0.39 is 0 Å². The molecule has 0 spiro atoms. The van der Waals surface area contributed by atoms with Gasteiger partial charge in [0, 0.05) is 12.6 Å². The van der Waals surface area contributed by atoms with E-state index in [4.69, 9.17) is 4.98 Å². The van der Waals surface area contributed by atoms with Gasteiger partial charge in [0.1, 0.15) is 5.01 Å². The lowest BCUT2D eigenvalue weighted by atomic mass is 9.83. The summed E-state index contributed by atoms with van der Waals surface area (Å²) >= 11 is 1.82. The molecule has 0 amide bonds. The molecular weight excluding hydrogens is 264 g/mol. The largest absolute Gasteiger partial charge is 0.307 e. The van der Waals surface area contributed by atoms with Gasteiger partial charge >= 0.3 is 0 Å². The maximum Gasteiger partial charge on any atom is 0.108 e. The highest BCUT2D eigenvalue weighted by Crippen LogP contribution is 2.28. The van der Waals surface area contributed by atoms with Crippen LogP contribution in [0.3, 0.4) is 0 Å². The number of para-hydroxylation sites is 1. The molecule has 1 heterocycles. The van der Waals surface area contributed by atoms with E-state index in [0.717, 1.165) is 18.0 Å². The van der Waals surface area contributed by atoms with Gasteiger partial charge in [-0.2, -0.15) is 0 Å².